The Balaban J connectivity index is 2.11. The van der Waals surface area contributed by atoms with Gasteiger partial charge < -0.3 is 4.90 Å². The topological polar surface area (TPSA) is 49.4 Å². The van der Waals surface area contributed by atoms with Crippen LogP contribution in [0.1, 0.15) is 17.2 Å². The molecule has 2 aromatic rings. The zero-order chi connectivity index (χ0) is 15.5. The molecule has 6 heteroatoms. The first-order valence-electron chi connectivity index (χ1n) is 6.65. The van der Waals surface area contributed by atoms with Gasteiger partial charge in [-0.25, -0.2) is 13.1 Å². The van der Waals surface area contributed by atoms with E-state index in [2.05, 4.69) is 4.72 Å². The minimum Gasteiger partial charge on any atom is -0.301 e. The van der Waals surface area contributed by atoms with Gasteiger partial charge in [0.1, 0.15) is 0 Å². The van der Waals surface area contributed by atoms with Crippen LogP contribution in [0.3, 0.4) is 0 Å². The summed E-state index contributed by atoms with van der Waals surface area (Å²) in [4.78, 5) is 2.32. The van der Waals surface area contributed by atoms with Crippen molar-refractivity contribution >= 4 is 21.4 Å². The largest absolute Gasteiger partial charge is 0.301 e. The normalized spacial score (nSPS) is 13.5. The van der Waals surface area contributed by atoms with E-state index in [-0.39, 0.29) is 6.04 Å². The second-order valence-electron chi connectivity index (χ2n) is 5.20. The van der Waals surface area contributed by atoms with E-state index in [1.807, 2.05) is 42.7 Å². The van der Waals surface area contributed by atoms with Crippen LogP contribution in [0.4, 0.5) is 0 Å². The number of rotatable bonds is 6. The third-order valence-corrected chi connectivity index (χ3v) is 5.49. The number of likely N-dealkylation sites (N-methyl/N-ethyl adjacent to an activating group) is 1. The molecule has 0 saturated heterocycles. The van der Waals surface area contributed by atoms with Crippen LogP contribution in [0.15, 0.2) is 46.0 Å². The molecule has 0 radical (unpaired) electrons. The number of nitrogens with one attached hydrogen (secondary N) is 1. The SMILES string of the molecule is Cc1ccc(S(=O)(=O)NC[C@@H](c2ccsc2)N(C)C)cc1. The highest BCUT2D eigenvalue weighted by molar-refractivity contribution is 7.89. The quantitative estimate of drug-likeness (QED) is 0.889. The molecule has 0 amide bonds. The molecular formula is C15H20N2O2S2. The molecule has 0 aliphatic carbocycles. The van der Waals surface area contributed by atoms with E-state index in [0.717, 1.165) is 11.1 Å². The Morgan fingerprint density at radius 2 is 1.86 bits per heavy atom. The van der Waals surface area contributed by atoms with E-state index in [0.29, 0.717) is 11.4 Å². The summed E-state index contributed by atoms with van der Waals surface area (Å²) < 4.78 is 27.3. The molecule has 1 N–H and O–H groups in total. The fourth-order valence-corrected chi connectivity index (χ4v) is 3.80. The van der Waals surface area contributed by atoms with Gasteiger partial charge in [-0.1, -0.05) is 17.7 Å². The minimum absolute atomic E-state index is 0.0245. The smallest absolute Gasteiger partial charge is 0.240 e. The van der Waals surface area contributed by atoms with Crippen molar-refractivity contribution in [1.29, 1.82) is 0 Å². The lowest BCUT2D eigenvalue weighted by Gasteiger charge is -2.24. The lowest BCUT2D eigenvalue weighted by molar-refractivity contribution is 0.300. The van der Waals surface area contributed by atoms with E-state index >= 15 is 0 Å². The third-order valence-electron chi connectivity index (χ3n) is 3.35. The van der Waals surface area contributed by atoms with Crippen LogP contribution in [0.5, 0.6) is 0 Å². The Bertz CT molecular complexity index is 662. The molecular weight excluding hydrogens is 304 g/mol. The first-order chi connectivity index (χ1) is 9.90. The third kappa shape index (κ3) is 4.14. The average Bonchev–Trinajstić information content (AvgIpc) is 2.93. The van der Waals surface area contributed by atoms with Crippen molar-refractivity contribution in [2.24, 2.45) is 0 Å². The van der Waals surface area contributed by atoms with Crippen molar-refractivity contribution in [3.8, 4) is 0 Å². The molecule has 0 aliphatic heterocycles. The second-order valence-corrected chi connectivity index (χ2v) is 7.75. The molecule has 0 aliphatic rings. The summed E-state index contributed by atoms with van der Waals surface area (Å²) in [5.74, 6) is 0. The zero-order valence-corrected chi connectivity index (χ0v) is 14.0. The number of nitrogens with zero attached hydrogens (tertiary/aromatic N) is 1. The van der Waals surface area contributed by atoms with Crippen LogP contribution in [-0.2, 0) is 10.0 Å². The van der Waals surface area contributed by atoms with Crippen LogP contribution < -0.4 is 4.72 Å². The van der Waals surface area contributed by atoms with Crippen molar-refractivity contribution in [2.75, 3.05) is 20.6 Å². The van der Waals surface area contributed by atoms with Gasteiger partial charge in [0.25, 0.3) is 0 Å². The summed E-state index contributed by atoms with van der Waals surface area (Å²) in [6.45, 7) is 2.28. The molecule has 1 aromatic heterocycles. The summed E-state index contributed by atoms with van der Waals surface area (Å²) in [6, 6.07) is 8.92. The summed E-state index contributed by atoms with van der Waals surface area (Å²) >= 11 is 1.61. The van der Waals surface area contributed by atoms with Crippen LogP contribution >= 0.6 is 11.3 Å². The molecule has 0 unspecified atom stereocenters. The van der Waals surface area contributed by atoms with E-state index in [1.54, 1.807) is 35.6 Å². The molecule has 1 heterocycles. The van der Waals surface area contributed by atoms with Crippen molar-refractivity contribution in [3.05, 3.63) is 52.2 Å². The molecule has 1 aromatic carbocycles. The van der Waals surface area contributed by atoms with E-state index < -0.39 is 10.0 Å². The fourth-order valence-electron chi connectivity index (χ4n) is 2.05. The van der Waals surface area contributed by atoms with Crippen LogP contribution in [0.2, 0.25) is 0 Å². The van der Waals surface area contributed by atoms with E-state index in [1.165, 1.54) is 0 Å². The van der Waals surface area contributed by atoms with Crippen molar-refractivity contribution in [2.45, 2.75) is 17.9 Å². The van der Waals surface area contributed by atoms with E-state index in [9.17, 15) is 8.42 Å². The Labute approximate surface area is 130 Å². The van der Waals surface area contributed by atoms with Crippen LogP contribution in [0.25, 0.3) is 0 Å². The minimum atomic E-state index is -3.47. The highest BCUT2D eigenvalue weighted by atomic mass is 32.2. The van der Waals surface area contributed by atoms with Crippen molar-refractivity contribution < 1.29 is 8.42 Å². The predicted molar refractivity (Wildman–Crippen MR) is 87.1 cm³/mol. The number of sulfonamides is 1. The molecule has 1 atom stereocenters. The number of hydrogen-bond donors (Lipinski definition) is 1. The van der Waals surface area contributed by atoms with E-state index in [4.69, 9.17) is 0 Å². The monoisotopic (exact) mass is 324 g/mol. The molecule has 0 fully saturated rings. The Kier molecular flexibility index (Phi) is 5.16. The van der Waals surface area contributed by atoms with Gasteiger partial charge in [0.05, 0.1) is 4.90 Å². The second kappa shape index (κ2) is 6.70. The number of hydrogen-bond acceptors (Lipinski definition) is 4. The fraction of sp³-hybridized carbons (Fsp3) is 0.333. The standard InChI is InChI=1S/C15H20N2O2S2/c1-12-4-6-14(7-5-12)21(18,19)16-10-15(17(2)3)13-8-9-20-11-13/h4-9,11,15-16H,10H2,1-3H3/t15-/m0/s1. The number of aryl methyl sites for hydroxylation is 1. The summed E-state index contributed by atoms with van der Waals surface area (Å²) in [6.07, 6.45) is 0. The van der Waals surface area contributed by atoms with Gasteiger partial charge in [0, 0.05) is 12.6 Å². The summed E-state index contributed by atoms with van der Waals surface area (Å²) in [7, 11) is 0.424. The first-order valence-corrected chi connectivity index (χ1v) is 9.07. The van der Waals surface area contributed by atoms with Gasteiger partial charge in [-0.3, -0.25) is 0 Å². The van der Waals surface area contributed by atoms with Crippen LogP contribution in [-0.4, -0.2) is 34.0 Å². The molecule has 21 heavy (non-hydrogen) atoms. The summed E-state index contributed by atoms with van der Waals surface area (Å²) in [5.41, 5.74) is 2.16. The molecule has 0 saturated carbocycles. The molecule has 0 bridgehead atoms. The van der Waals surface area contributed by atoms with Gasteiger partial charge in [0.2, 0.25) is 10.0 Å². The molecule has 2 rings (SSSR count). The molecule has 0 spiro atoms. The van der Waals surface area contributed by atoms with Crippen LogP contribution in [0, 0.1) is 6.92 Å². The lowest BCUT2D eigenvalue weighted by Crippen LogP contribution is -2.34. The predicted octanol–water partition coefficient (Wildman–Crippen LogP) is 2.64. The lowest BCUT2D eigenvalue weighted by atomic mass is 10.1. The maximum atomic E-state index is 12.3. The maximum absolute atomic E-state index is 12.3. The first kappa shape index (κ1) is 16.2. The zero-order valence-electron chi connectivity index (χ0n) is 12.4. The van der Waals surface area contributed by atoms with Gasteiger partial charge in [-0.2, -0.15) is 11.3 Å². The summed E-state index contributed by atoms with van der Waals surface area (Å²) in [5, 5.41) is 4.05. The Hall–Kier alpha value is -1.21. The van der Waals surface area contributed by atoms with Gasteiger partial charge >= 0.3 is 0 Å². The average molecular weight is 324 g/mol. The number of benzene rings is 1. The molecule has 114 valence electrons. The van der Waals surface area contributed by atoms with Crippen molar-refractivity contribution in [1.82, 2.24) is 9.62 Å². The maximum Gasteiger partial charge on any atom is 0.240 e. The highest BCUT2D eigenvalue weighted by Gasteiger charge is 2.19. The van der Waals surface area contributed by atoms with Gasteiger partial charge in [0.15, 0.2) is 0 Å². The highest BCUT2D eigenvalue weighted by Crippen LogP contribution is 2.21. The van der Waals surface area contributed by atoms with Gasteiger partial charge in [-0.15, -0.1) is 0 Å². The molecule has 4 nitrogen and oxygen atoms in total. The Morgan fingerprint density at radius 3 is 2.38 bits per heavy atom. The Morgan fingerprint density at radius 1 is 1.19 bits per heavy atom. The number of thiophene rings is 1. The van der Waals surface area contributed by atoms with Gasteiger partial charge in [-0.05, 0) is 55.5 Å². The van der Waals surface area contributed by atoms with Crippen molar-refractivity contribution in [3.63, 3.8) is 0 Å².